The summed E-state index contributed by atoms with van der Waals surface area (Å²) in [4.78, 5) is 2.25. The number of anilines is 1. The first-order chi connectivity index (χ1) is 9.95. The van der Waals surface area contributed by atoms with E-state index in [2.05, 4.69) is 56.2 Å². The molecule has 2 rings (SSSR count). The van der Waals surface area contributed by atoms with Gasteiger partial charge in [-0.25, -0.2) is 0 Å². The Hall–Kier alpha value is -1.74. The van der Waals surface area contributed by atoms with Gasteiger partial charge in [-0.15, -0.1) is 0 Å². The van der Waals surface area contributed by atoms with Crippen LogP contribution in [0, 0.1) is 13.8 Å². The molecule has 0 saturated heterocycles. The fourth-order valence-electron chi connectivity index (χ4n) is 2.43. The number of nitrogens with zero attached hydrogens (tertiary/aromatic N) is 1. The second kappa shape index (κ2) is 6.81. The van der Waals surface area contributed by atoms with Crippen molar-refractivity contribution in [2.75, 3.05) is 11.9 Å². The maximum Gasteiger partial charge on any atom is 0.123 e. The molecule has 0 unspecified atom stereocenters. The van der Waals surface area contributed by atoms with E-state index in [0.29, 0.717) is 6.04 Å². The van der Waals surface area contributed by atoms with Crippen molar-refractivity contribution in [3.8, 4) is 0 Å². The number of nitrogens with one attached hydrogen (secondary N) is 1. The highest BCUT2D eigenvalue weighted by Crippen LogP contribution is 2.23. The molecule has 2 aromatic rings. The highest BCUT2D eigenvalue weighted by Gasteiger charge is 2.10. The fraction of sp³-hybridized carbons (Fsp3) is 0.444. The molecule has 3 nitrogen and oxygen atoms in total. The first kappa shape index (κ1) is 15.6. The maximum absolute atomic E-state index is 5.68. The van der Waals surface area contributed by atoms with Crippen molar-refractivity contribution < 1.29 is 4.42 Å². The normalized spacial score (nSPS) is 11.1. The lowest BCUT2D eigenvalue weighted by atomic mass is 10.1. The van der Waals surface area contributed by atoms with Gasteiger partial charge in [0.05, 0.1) is 6.54 Å². The second-order valence-electron chi connectivity index (χ2n) is 6.04. The second-order valence-corrected chi connectivity index (χ2v) is 6.04. The minimum atomic E-state index is 0.483. The molecule has 21 heavy (non-hydrogen) atoms. The number of benzene rings is 1. The summed E-state index contributed by atoms with van der Waals surface area (Å²) in [6.07, 6.45) is 0. The van der Waals surface area contributed by atoms with Crippen molar-refractivity contribution >= 4 is 5.69 Å². The first-order valence-electron chi connectivity index (χ1n) is 7.55. The molecule has 0 radical (unpaired) electrons. The van der Waals surface area contributed by atoms with Gasteiger partial charge in [-0.2, -0.15) is 0 Å². The van der Waals surface area contributed by atoms with Gasteiger partial charge in [-0.05, 0) is 37.6 Å². The van der Waals surface area contributed by atoms with Crippen molar-refractivity contribution in [3.05, 3.63) is 53.0 Å². The Balaban J connectivity index is 2.16. The topological polar surface area (TPSA) is 28.4 Å². The molecular formula is C18H26N2O. The van der Waals surface area contributed by atoms with Gasteiger partial charge in [0.2, 0.25) is 0 Å². The molecule has 0 atom stereocenters. The van der Waals surface area contributed by atoms with Gasteiger partial charge < -0.3 is 14.6 Å². The molecular weight excluding hydrogens is 260 g/mol. The monoisotopic (exact) mass is 286 g/mol. The van der Waals surface area contributed by atoms with E-state index in [4.69, 9.17) is 4.42 Å². The van der Waals surface area contributed by atoms with Crippen LogP contribution >= 0.6 is 0 Å². The highest BCUT2D eigenvalue weighted by molar-refractivity contribution is 5.54. The Morgan fingerprint density at radius 3 is 2.52 bits per heavy atom. The Labute approximate surface area is 128 Å². The van der Waals surface area contributed by atoms with Gasteiger partial charge in [-0.3, -0.25) is 0 Å². The average Bonchev–Trinajstić information content (AvgIpc) is 2.81. The van der Waals surface area contributed by atoms with Gasteiger partial charge in [0, 0.05) is 25.3 Å². The highest BCUT2D eigenvalue weighted by atomic mass is 16.3. The summed E-state index contributed by atoms with van der Waals surface area (Å²) >= 11 is 0. The summed E-state index contributed by atoms with van der Waals surface area (Å²) in [6.45, 7) is 10.1. The molecule has 0 aliphatic heterocycles. The van der Waals surface area contributed by atoms with Crippen LogP contribution in [0.15, 0.2) is 34.7 Å². The Morgan fingerprint density at radius 2 is 1.90 bits per heavy atom. The van der Waals surface area contributed by atoms with E-state index in [9.17, 15) is 0 Å². The maximum atomic E-state index is 5.68. The fourth-order valence-corrected chi connectivity index (χ4v) is 2.43. The van der Waals surface area contributed by atoms with Crippen molar-refractivity contribution in [1.29, 1.82) is 0 Å². The van der Waals surface area contributed by atoms with Crippen LogP contribution in [0.1, 0.15) is 36.5 Å². The van der Waals surface area contributed by atoms with Gasteiger partial charge >= 0.3 is 0 Å². The van der Waals surface area contributed by atoms with Crippen molar-refractivity contribution in [2.24, 2.45) is 0 Å². The number of aryl methyl sites for hydroxylation is 2. The average molecular weight is 286 g/mol. The molecule has 3 heteroatoms. The number of hydrogen-bond donors (Lipinski definition) is 1. The van der Waals surface area contributed by atoms with Gasteiger partial charge in [0.25, 0.3) is 0 Å². The molecule has 0 spiro atoms. The van der Waals surface area contributed by atoms with Gasteiger partial charge in [0.1, 0.15) is 11.5 Å². The summed E-state index contributed by atoms with van der Waals surface area (Å²) in [5.74, 6) is 1.96. The van der Waals surface area contributed by atoms with E-state index in [0.717, 1.165) is 24.6 Å². The first-order valence-corrected chi connectivity index (χ1v) is 7.55. The predicted molar refractivity (Wildman–Crippen MR) is 88.7 cm³/mol. The van der Waals surface area contributed by atoms with Crippen molar-refractivity contribution in [2.45, 2.75) is 46.8 Å². The van der Waals surface area contributed by atoms with Crippen LogP contribution in [-0.2, 0) is 13.1 Å². The Morgan fingerprint density at radius 1 is 1.14 bits per heavy atom. The van der Waals surface area contributed by atoms with E-state index in [-0.39, 0.29) is 0 Å². The lowest BCUT2D eigenvalue weighted by molar-refractivity contribution is 0.481. The van der Waals surface area contributed by atoms with Crippen LogP contribution in [0.2, 0.25) is 0 Å². The molecule has 0 amide bonds. The lowest BCUT2D eigenvalue weighted by Crippen LogP contribution is -2.24. The molecule has 0 bridgehead atoms. The third-order valence-corrected chi connectivity index (χ3v) is 3.54. The summed E-state index contributed by atoms with van der Waals surface area (Å²) in [5, 5.41) is 3.50. The molecule has 1 heterocycles. The minimum absolute atomic E-state index is 0.483. The van der Waals surface area contributed by atoms with Crippen LogP contribution in [0.3, 0.4) is 0 Å². The van der Waals surface area contributed by atoms with Crippen LogP contribution in [0.4, 0.5) is 5.69 Å². The van der Waals surface area contributed by atoms with E-state index in [1.165, 1.54) is 16.8 Å². The van der Waals surface area contributed by atoms with E-state index >= 15 is 0 Å². The number of furan rings is 1. The SMILES string of the molecule is Cc1ccc(N(C)Cc2ccc(C)o2)c(CNC(C)C)c1. The summed E-state index contributed by atoms with van der Waals surface area (Å²) in [5.41, 5.74) is 3.87. The summed E-state index contributed by atoms with van der Waals surface area (Å²) < 4.78 is 5.68. The van der Waals surface area contributed by atoms with E-state index in [1.54, 1.807) is 0 Å². The van der Waals surface area contributed by atoms with E-state index < -0.39 is 0 Å². The summed E-state index contributed by atoms with van der Waals surface area (Å²) in [7, 11) is 2.11. The molecule has 0 aliphatic carbocycles. The number of hydrogen-bond acceptors (Lipinski definition) is 3. The minimum Gasteiger partial charge on any atom is -0.464 e. The Bertz CT molecular complexity index is 587. The standard InChI is InChI=1S/C18H26N2O/c1-13(2)19-11-16-10-14(3)6-9-18(16)20(5)12-17-8-7-15(4)21-17/h6-10,13,19H,11-12H2,1-5H3. The lowest BCUT2D eigenvalue weighted by Gasteiger charge is -2.23. The Kier molecular flexibility index (Phi) is 5.07. The van der Waals surface area contributed by atoms with Crippen LogP contribution in [-0.4, -0.2) is 13.1 Å². The molecule has 0 fully saturated rings. The third-order valence-electron chi connectivity index (χ3n) is 3.54. The molecule has 1 aromatic heterocycles. The molecule has 1 N–H and O–H groups in total. The molecule has 114 valence electrons. The molecule has 1 aromatic carbocycles. The molecule has 0 saturated carbocycles. The smallest absolute Gasteiger partial charge is 0.123 e. The largest absolute Gasteiger partial charge is 0.464 e. The van der Waals surface area contributed by atoms with Crippen LogP contribution in [0.5, 0.6) is 0 Å². The zero-order valence-electron chi connectivity index (χ0n) is 13.7. The predicted octanol–water partition coefficient (Wildman–Crippen LogP) is 4.03. The number of rotatable bonds is 6. The van der Waals surface area contributed by atoms with Gasteiger partial charge in [-0.1, -0.05) is 31.5 Å². The molecule has 0 aliphatic rings. The zero-order valence-corrected chi connectivity index (χ0v) is 13.7. The van der Waals surface area contributed by atoms with Crippen molar-refractivity contribution in [3.63, 3.8) is 0 Å². The van der Waals surface area contributed by atoms with Crippen molar-refractivity contribution in [1.82, 2.24) is 5.32 Å². The quantitative estimate of drug-likeness (QED) is 0.869. The third kappa shape index (κ3) is 4.36. The zero-order chi connectivity index (χ0) is 15.4. The van der Waals surface area contributed by atoms with Gasteiger partial charge in [0.15, 0.2) is 0 Å². The van der Waals surface area contributed by atoms with Crippen LogP contribution < -0.4 is 10.2 Å². The van der Waals surface area contributed by atoms with Crippen LogP contribution in [0.25, 0.3) is 0 Å². The summed E-state index contributed by atoms with van der Waals surface area (Å²) in [6, 6.07) is 11.2. The van der Waals surface area contributed by atoms with E-state index in [1.807, 2.05) is 19.1 Å².